The number of nitrogens with zero attached hydrogens (tertiary/aromatic N) is 3. The Balaban J connectivity index is 1.76. The van der Waals surface area contributed by atoms with E-state index in [1.807, 2.05) is 0 Å². The van der Waals surface area contributed by atoms with E-state index in [1.165, 1.54) is 13.2 Å². The van der Waals surface area contributed by atoms with Gasteiger partial charge in [-0.15, -0.1) is 0 Å². The second kappa shape index (κ2) is 8.11. The van der Waals surface area contributed by atoms with Crippen molar-refractivity contribution in [3.8, 4) is 0 Å². The zero-order valence-electron chi connectivity index (χ0n) is 14.2. The number of rotatable bonds is 4. The summed E-state index contributed by atoms with van der Waals surface area (Å²) < 4.78 is 5.26. The number of hydrogen-bond acceptors (Lipinski definition) is 6. The third kappa shape index (κ3) is 4.09. The second-order valence-electron chi connectivity index (χ2n) is 5.59. The molecule has 0 unspecified atom stereocenters. The molecule has 1 fully saturated rings. The quantitative estimate of drug-likeness (QED) is 0.790. The van der Waals surface area contributed by atoms with Gasteiger partial charge in [-0.3, -0.25) is 9.59 Å². The summed E-state index contributed by atoms with van der Waals surface area (Å²) in [6, 6.07) is 6.94. The third-order valence-corrected chi connectivity index (χ3v) is 4.11. The maximum atomic E-state index is 12.5. The average Bonchev–Trinajstić information content (AvgIpc) is 2.68. The maximum Gasteiger partial charge on any atom is 0.256 e. The standard InChI is InChI=1S/C17H18ClN5O3/c1-19-15(24)13-10-20-17(18)22-14(13)21-12-4-2-11(3-5-12)16(25)23-6-8-26-9-7-23/h2-5,10H,6-9H2,1H3,(H,19,24)(H,20,21,22). The number of carbonyl (C=O) groups is 2. The molecule has 1 aromatic heterocycles. The SMILES string of the molecule is CNC(=O)c1cnc(Cl)nc1Nc1ccc(C(=O)N2CCOCC2)cc1. The Morgan fingerprint density at radius 2 is 1.88 bits per heavy atom. The summed E-state index contributed by atoms with van der Waals surface area (Å²) in [5, 5.41) is 5.58. The van der Waals surface area contributed by atoms with Gasteiger partial charge in [-0.05, 0) is 35.9 Å². The summed E-state index contributed by atoms with van der Waals surface area (Å²) in [7, 11) is 1.52. The van der Waals surface area contributed by atoms with Gasteiger partial charge in [-0.25, -0.2) is 4.98 Å². The van der Waals surface area contributed by atoms with Crippen LogP contribution in [0, 0.1) is 0 Å². The molecule has 26 heavy (non-hydrogen) atoms. The van der Waals surface area contributed by atoms with E-state index in [9.17, 15) is 9.59 Å². The molecule has 1 aliphatic heterocycles. The molecular weight excluding hydrogens is 358 g/mol. The van der Waals surface area contributed by atoms with Crippen LogP contribution in [0.15, 0.2) is 30.5 Å². The number of hydrogen-bond donors (Lipinski definition) is 2. The highest BCUT2D eigenvalue weighted by atomic mass is 35.5. The number of ether oxygens (including phenoxy) is 1. The van der Waals surface area contributed by atoms with Crippen molar-refractivity contribution < 1.29 is 14.3 Å². The highest BCUT2D eigenvalue weighted by molar-refractivity contribution is 6.28. The van der Waals surface area contributed by atoms with Crippen molar-refractivity contribution in [3.05, 3.63) is 46.9 Å². The minimum atomic E-state index is -0.330. The van der Waals surface area contributed by atoms with Crippen LogP contribution in [0.3, 0.4) is 0 Å². The van der Waals surface area contributed by atoms with Crippen molar-refractivity contribution in [1.29, 1.82) is 0 Å². The third-order valence-electron chi connectivity index (χ3n) is 3.92. The fourth-order valence-corrected chi connectivity index (χ4v) is 2.67. The Labute approximate surface area is 155 Å². The molecule has 0 saturated carbocycles. The van der Waals surface area contributed by atoms with Gasteiger partial charge in [-0.1, -0.05) is 0 Å². The number of aromatic nitrogens is 2. The lowest BCUT2D eigenvalue weighted by molar-refractivity contribution is 0.0303. The number of benzene rings is 1. The van der Waals surface area contributed by atoms with Gasteiger partial charge in [0, 0.05) is 37.6 Å². The molecule has 8 nitrogen and oxygen atoms in total. The zero-order chi connectivity index (χ0) is 18.5. The number of carbonyl (C=O) groups excluding carboxylic acids is 2. The molecule has 3 rings (SSSR count). The van der Waals surface area contributed by atoms with Gasteiger partial charge >= 0.3 is 0 Å². The van der Waals surface area contributed by atoms with Crippen molar-refractivity contribution in [2.75, 3.05) is 38.7 Å². The summed E-state index contributed by atoms with van der Waals surface area (Å²) in [4.78, 5) is 34.0. The first-order valence-electron chi connectivity index (χ1n) is 8.07. The molecule has 0 aliphatic carbocycles. The fourth-order valence-electron chi connectivity index (χ4n) is 2.54. The van der Waals surface area contributed by atoms with E-state index in [2.05, 4.69) is 20.6 Å². The monoisotopic (exact) mass is 375 g/mol. The van der Waals surface area contributed by atoms with Gasteiger partial charge in [0.05, 0.1) is 13.2 Å². The first-order valence-corrected chi connectivity index (χ1v) is 8.45. The first-order chi connectivity index (χ1) is 12.6. The number of amides is 2. The van der Waals surface area contributed by atoms with Gasteiger partial charge in [0.2, 0.25) is 5.28 Å². The number of halogens is 1. The largest absolute Gasteiger partial charge is 0.378 e. The number of anilines is 2. The molecule has 0 spiro atoms. The van der Waals surface area contributed by atoms with E-state index >= 15 is 0 Å². The predicted octanol–water partition coefficient (Wildman–Crippen LogP) is 1.71. The lowest BCUT2D eigenvalue weighted by atomic mass is 10.1. The van der Waals surface area contributed by atoms with Crippen LogP contribution < -0.4 is 10.6 Å². The molecule has 0 radical (unpaired) electrons. The first kappa shape index (κ1) is 18.1. The summed E-state index contributed by atoms with van der Waals surface area (Å²) in [5.41, 5.74) is 1.53. The van der Waals surface area contributed by atoms with Crippen LogP contribution in [0.5, 0.6) is 0 Å². The molecule has 2 N–H and O–H groups in total. The fraction of sp³-hybridized carbons (Fsp3) is 0.294. The van der Waals surface area contributed by atoms with Gasteiger partial charge in [-0.2, -0.15) is 4.98 Å². The van der Waals surface area contributed by atoms with Crippen LogP contribution in [0.1, 0.15) is 20.7 Å². The van der Waals surface area contributed by atoms with Crippen LogP contribution >= 0.6 is 11.6 Å². The maximum absolute atomic E-state index is 12.5. The molecule has 2 heterocycles. The van der Waals surface area contributed by atoms with Crippen LogP contribution in [0.2, 0.25) is 5.28 Å². The summed E-state index contributed by atoms with van der Waals surface area (Å²) in [5.74, 6) is -0.0733. The van der Waals surface area contributed by atoms with Crippen LogP contribution in [-0.2, 0) is 4.74 Å². The van der Waals surface area contributed by atoms with Crippen molar-refractivity contribution >= 4 is 34.9 Å². The van der Waals surface area contributed by atoms with Crippen LogP contribution in [-0.4, -0.2) is 60.0 Å². The zero-order valence-corrected chi connectivity index (χ0v) is 14.9. The van der Waals surface area contributed by atoms with Crippen LogP contribution in [0.25, 0.3) is 0 Å². The van der Waals surface area contributed by atoms with E-state index in [0.29, 0.717) is 37.6 Å². The van der Waals surface area contributed by atoms with Crippen molar-refractivity contribution in [3.63, 3.8) is 0 Å². The van der Waals surface area contributed by atoms with Crippen molar-refractivity contribution in [2.24, 2.45) is 0 Å². The lowest BCUT2D eigenvalue weighted by Crippen LogP contribution is -2.40. The van der Waals surface area contributed by atoms with E-state index in [0.717, 1.165) is 0 Å². The molecule has 0 bridgehead atoms. The molecule has 9 heteroatoms. The topological polar surface area (TPSA) is 96.4 Å². The Bertz CT molecular complexity index is 807. The molecule has 1 aliphatic rings. The normalized spacial score (nSPS) is 14.0. The molecule has 2 amide bonds. The predicted molar refractivity (Wildman–Crippen MR) is 96.9 cm³/mol. The summed E-state index contributed by atoms with van der Waals surface area (Å²) >= 11 is 5.83. The molecular formula is C17H18ClN5O3. The highest BCUT2D eigenvalue weighted by Gasteiger charge is 2.18. The number of nitrogens with one attached hydrogen (secondary N) is 2. The highest BCUT2D eigenvalue weighted by Crippen LogP contribution is 2.21. The van der Waals surface area contributed by atoms with Gasteiger partial charge in [0.25, 0.3) is 11.8 Å². The Morgan fingerprint density at radius 1 is 1.19 bits per heavy atom. The van der Waals surface area contributed by atoms with Gasteiger partial charge < -0.3 is 20.3 Å². The molecule has 1 saturated heterocycles. The molecule has 136 valence electrons. The summed E-state index contributed by atoms with van der Waals surface area (Å²) in [6.07, 6.45) is 1.35. The van der Waals surface area contributed by atoms with E-state index in [-0.39, 0.29) is 28.5 Å². The average molecular weight is 376 g/mol. The second-order valence-corrected chi connectivity index (χ2v) is 5.93. The number of morpholine rings is 1. The van der Waals surface area contributed by atoms with Gasteiger partial charge in [0.1, 0.15) is 11.4 Å². The van der Waals surface area contributed by atoms with E-state index < -0.39 is 0 Å². The minimum Gasteiger partial charge on any atom is -0.378 e. The van der Waals surface area contributed by atoms with E-state index in [4.69, 9.17) is 16.3 Å². The Hall–Kier alpha value is -2.71. The Morgan fingerprint density at radius 3 is 2.54 bits per heavy atom. The van der Waals surface area contributed by atoms with Crippen LogP contribution in [0.4, 0.5) is 11.5 Å². The summed E-state index contributed by atoms with van der Waals surface area (Å²) in [6.45, 7) is 2.30. The van der Waals surface area contributed by atoms with Crippen molar-refractivity contribution in [2.45, 2.75) is 0 Å². The Kier molecular flexibility index (Phi) is 5.65. The minimum absolute atomic E-state index is 0.0271. The van der Waals surface area contributed by atoms with Gasteiger partial charge in [0.15, 0.2) is 0 Å². The van der Waals surface area contributed by atoms with E-state index in [1.54, 1.807) is 29.2 Å². The molecule has 1 aromatic carbocycles. The smallest absolute Gasteiger partial charge is 0.256 e. The molecule has 0 atom stereocenters. The van der Waals surface area contributed by atoms with Crippen molar-refractivity contribution in [1.82, 2.24) is 20.2 Å². The molecule has 2 aromatic rings. The lowest BCUT2D eigenvalue weighted by Gasteiger charge is -2.26.